The second-order valence-electron chi connectivity index (χ2n) is 3.81. The fourth-order valence-electron chi connectivity index (χ4n) is 0.834. The quantitative estimate of drug-likeness (QED) is 0.277. The molecule has 8 nitrogen and oxygen atoms in total. The molecule has 0 unspecified atom stereocenters. The Bertz CT molecular complexity index is 420. The number of esters is 1. The van der Waals surface area contributed by atoms with Gasteiger partial charge in [-0.05, 0) is 19.4 Å². The Morgan fingerprint density at radius 1 is 1.05 bits per heavy atom. The van der Waals surface area contributed by atoms with Crippen LogP contribution in [0.2, 0.25) is 0 Å². The third-order valence-corrected chi connectivity index (χ3v) is 1.84. The van der Waals surface area contributed by atoms with Crippen molar-refractivity contribution in [3.63, 3.8) is 0 Å². The molecule has 0 bridgehead atoms. The van der Waals surface area contributed by atoms with Crippen LogP contribution in [0.25, 0.3) is 0 Å². The molecule has 0 aromatic heterocycles. The van der Waals surface area contributed by atoms with Gasteiger partial charge in [0, 0.05) is 18.8 Å². The van der Waals surface area contributed by atoms with Gasteiger partial charge in [0.15, 0.2) is 5.78 Å². The molecule has 0 saturated carbocycles. The molecule has 0 fully saturated rings. The van der Waals surface area contributed by atoms with E-state index in [4.69, 9.17) is 19.7 Å². The summed E-state index contributed by atoms with van der Waals surface area (Å²) in [6.45, 7) is 8.00. The summed E-state index contributed by atoms with van der Waals surface area (Å²) in [6.07, 6.45) is 0.881. The zero-order chi connectivity index (χ0) is 17.5. The summed E-state index contributed by atoms with van der Waals surface area (Å²) < 4.78 is 9.70. The van der Waals surface area contributed by atoms with Crippen LogP contribution in [-0.4, -0.2) is 53.7 Å². The van der Waals surface area contributed by atoms with Gasteiger partial charge < -0.3 is 19.7 Å². The molecular weight excluding hydrogens is 296 g/mol. The monoisotopic (exact) mass is 316 g/mol. The van der Waals surface area contributed by atoms with Gasteiger partial charge in [-0.25, -0.2) is 9.59 Å². The van der Waals surface area contributed by atoms with Crippen LogP contribution in [0.5, 0.6) is 0 Å². The zero-order valence-electron chi connectivity index (χ0n) is 12.5. The molecule has 0 heterocycles. The minimum Gasteiger partial charge on any atom is -0.478 e. The van der Waals surface area contributed by atoms with Crippen molar-refractivity contribution < 1.29 is 38.9 Å². The Morgan fingerprint density at radius 3 is 1.91 bits per heavy atom. The van der Waals surface area contributed by atoms with E-state index in [0.717, 1.165) is 0 Å². The van der Waals surface area contributed by atoms with E-state index >= 15 is 0 Å². The fourth-order valence-corrected chi connectivity index (χ4v) is 0.834. The van der Waals surface area contributed by atoms with Crippen LogP contribution < -0.4 is 0 Å². The zero-order valence-corrected chi connectivity index (χ0v) is 12.5. The minimum atomic E-state index is -1.26. The molecule has 8 heteroatoms. The topological polar surface area (TPSA) is 127 Å². The van der Waals surface area contributed by atoms with Crippen LogP contribution in [0.3, 0.4) is 0 Å². The summed E-state index contributed by atoms with van der Waals surface area (Å²) in [5, 5.41) is 15.6. The lowest BCUT2D eigenvalue weighted by Crippen LogP contribution is -2.14. The van der Waals surface area contributed by atoms with E-state index in [-0.39, 0.29) is 18.8 Å². The summed E-state index contributed by atoms with van der Waals surface area (Å²) in [5.74, 6) is -3.33. The largest absolute Gasteiger partial charge is 0.478 e. The number of carboxylic acids is 2. The van der Waals surface area contributed by atoms with Crippen LogP contribution in [0.15, 0.2) is 24.3 Å². The lowest BCUT2D eigenvalue weighted by molar-refractivity contribution is -0.147. The highest BCUT2D eigenvalue weighted by Crippen LogP contribution is 1.97. The van der Waals surface area contributed by atoms with E-state index in [1.54, 1.807) is 6.92 Å². The molecule has 0 spiro atoms. The predicted molar refractivity (Wildman–Crippen MR) is 76.3 cm³/mol. The minimum absolute atomic E-state index is 0.191. The summed E-state index contributed by atoms with van der Waals surface area (Å²) in [6, 6.07) is 0. The number of carbonyl (C=O) groups excluding carboxylic acids is 2. The number of aliphatic carboxylic acids is 2. The molecule has 124 valence electrons. The molecule has 0 radical (unpaired) electrons. The highest BCUT2D eigenvalue weighted by atomic mass is 16.6. The molecule has 0 aliphatic heterocycles. The van der Waals surface area contributed by atoms with Crippen LogP contribution >= 0.6 is 0 Å². The van der Waals surface area contributed by atoms with Crippen molar-refractivity contribution in [1.82, 2.24) is 0 Å². The number of carboxylic acid groups (broad SMARTS) is 2. The number of hydrogen-bond donors (Lipinski definition) is 2. The molecule has 0 aliphatic rings. The molecular formula is C14H20O8. The Balaban J connectivity index is 0. The van der Waals surface area contributed by atoms with Gasteiger partial charge in [0.25, 0.3) is 0 Å². The van der Waals surface area contributed by atoms with Gasteiger partial charge >= 0.3 is 17.9 Å². The lowest BCUT2D eigenvalue weighted by Gasteiger charge is -2.03. The third kappa shape index (κ3) is 17.5. The van der Waals surface area contributed by atoms with Gasteiger partial charge in [0.1, 0.15) is 13.0 Å². The number of Topliss-reactive ketones (excluding diaryl/α,β-unsaturated/α-hetero) is 1. The van der Waals surface area contributed by atoms with Crippen molar-refractivity contribution >= 4 is 23.7 Å². The first kappa shape index (κ1) is 21.8. The average Bonchev–Trinajstić information content (AvgIpc) is 2.42. The molecule has 0 atom stereocenters. The fraction of sp³-hybridized carbons (Fsp3) is 0.429. The van der Waals surface area contributed by atoms with Gasteiger partial charge in [0.2, 0.25) is 0 Å². The normalized spacial score (nSPS) is 9.55. The van der Waals surface area contributed by atoms with Crippen molar-refractivity contribution in [3.05, 3.63) is 24.3 Å². The Morgan fingerprint density at radius 2 is 1.55 bits per heavy atom. The maximum atomic E-state index is 11.0. The van der Waals surface area contributed by atoms with Gasteiger partial charge in [-0.1, -0.05) is 6.58 Å². The molecule has 0 aromatic carbocycles. The number of carbonyl (C=O) groups is 4. The van der Waals surface area contributed by atoms with Gasteiger partial charge in [0.05, 0.1) is 6.61 Å². The summed E-state index contributed by atoms with van der Waals surface area (Å²) in [5.41, 5.74) is 0.367. The smallest absolute Gasteiger partial charge is 0.328 e. The van der Waals surface area contributed by atoms with E-state index < -0.39 is 17.9 Å². The Labute approximate surface area is 128 Å². The van der Waals surface area contributed by atoms with E-state index in [0.29, 0.717) is 30.9 Å². The number of allylic oxidation sites excluding steroid dienone is 1. The van der Waals surface area contributed by atoms with E-state index in [1.807, 2.05) is 6.92 Å². The van der Waals surface area contributed by atoms with Gasteiger partial charge in [-0.15, -0.1) is 0 Å². The first-order valence-corrected chi connectivity index (χ1v) is 6.26. The lowest BCUT2D eigenvalue weighted by atomic mass is 10.2. The van der Waals surface area contributed by atoms with Crippen LogP contribution in [0.1, 0.15) is 20.3 Å². The molecule has 0 saturated heterocycles. The van der Waals surface area contributed by atoms with Gasteiger partial charge in [-0.2, -0.15) is 0 Å². The second kappa shape index (κ2) is 13.5. The van der Waals surface area contributed by atoms with Crippen molar-refractivity contribution in [2.45, 2.75) is 20.3 Å². The Hall–Kier alpha value is -2.48. The molecule has 2 N–H and O–H groups in total. The number of hydrogen-bond acceptors (Lipinski definition) is 6. The molecule has 0 aromatic rings. The standard InChI is InChI=1S/C10H16O4.C4H4O4/c1-4-13-5-6-14-10(12)7-9(11)8(2)3;5-3(6)1-2-4(7)8/h2,4-7H2,1,3H3;1-2H,(H,5,6)(H,7,8)/b;2-1-. The van der Waals surface area contributed by atoms with Crippen molar-refractivity contribution in [2.75, 3.05) is 19.8 Å². The average molecular weight is 316 g/mol. The molecule has 0 aliphatic carbocycles. The molecule has 0 amide bonds. The summed E-state index contributed by atoms with van der Waals surface area (Å²) in [4.78, 5) is 41.1. The highest BCUT2D eigenvalue weighted by molar-refractivity contribution is 6.04. The van der Waals surface area contributed by atoms with Crippen LogP contribution in [0, 0.1) is 0 Å². The third-order valence-electron chi connectivity index (χ3n) is 1.84. The maximum absolute atomic E-state index is 11.0. The maximum Gasteiger partial charge on any atom is 0.328 e. The number of rotatable bonds is 9. The summed E-state index contributed by atoms with van der Waals surface area (Å²) in [7, 11) is 0. The predicted octanol–water partition coefficient (Wildman–Crippen LogP) is 0.813. The van der Waals surface area contributed by atoms with Crippen LogP contribution in [0.4, 0.5) is 0 Å². The van der Waals surface area contributed by atoms with E-state index in [9.17, 15) is 19.2 Å². The molecule has 0 rings (SSSR count). The van der Waals surface area contributed by atoms with Crippen molar-refractivity contribution in [3.8, 4) is 0 Å². The van der Waals surface area contributed by atoms with Gasteiger partial charge in [-0.3, -0.25) is 9.59 Å². The van der Waals surface area contributed by atoms with Crippen molar-refractivity contribution in [2.24, 2.45) is 0 Å². The molecule has 22 heavy (non-hydrogen) atoms. The number of ketones is 1. The first-order chi connectivity index (χ1) is 10.2. The van der Waals surface area contributed by atoms with Crippen LogP contribution in [-0.2, 0) is 28.7 Å². The highest BCUT2D eigenvalue weighted by Gasteiger charge is 2.10. The van der Waals surface area contributed by atoms with E-state index in [2.05, 4.69) is 6.58 Å². The van der Waals surface area contributed by atoms with Crippen molar-refractivity contribution in [1.29, 1.82) is 0 Å². The number of ether oxygens (including phenoxy) is 2. The van der Waals surface area contributed by atoms with E-state index in [1.165, 1.54) is 0 Å². The summed E-state index contributed by atoms with van der Waals surface area (Å²) >= 11 is 0. The first-order valence-electron chi connectivity index (χ1n) is 6.26. The second-order valence-corrected chi connectivity index (χ2v) is 3.81. The Kier molecular flexibility index (Phi) is 13.4. The SMILES string of the molecule is C=C(C)C(=O)CC(=O)OCCOCC.O=C(O)/C=C\C(=O)O.